The van der Waals surface area contributed by atoms with Gasteiger partial charge in [0.25, 0.3) is 5.91 Å². The SMILES string of the molecule is CCN(C(=O)c1n[nH]c2cc(OC)ccc12)[C@@H]1CN2CCC1CC2. The van der Waals surface area contributed by atoms with Gasteiger partial charge in [-0.05, 0) is 50.9 Å². The lowest BCUT2D eigenvalue weighted by Crippen LogP contribution is -2.58. The molecule has 6 heteroatoms. The Kier molecular flexibility index (Phi) is 3.92. The van der Waals surface area contributed by atoms with Crippen LogP contribution < -0.4 is 4.74 Å². The zero-order valence-electron chi connectivity index (χ0n) is 14.3. The Labute approximate surface area is 141 Å². The molecule has 128 valence electrons. The molecule has 3 aliphatic heterocycles. The Hall–Kier alpha value is -2.08. The van der Waals surface area contributed by atoms with Crippen LogP contribution in [0, 0.1) is 5.92 Å². The quantitative estimate of drug-likeness (QED) is 0.934. The van der Waals surface area contributed by atoms with Gasteiger partial charge in [-0.2, -0.15) is 5.10 Å². The maximum atomic E-state index is 13.2. The summed E-state index contributed by atoms with van der Waals surface area (Å²) in [5.41, 5.74) is 1.36. The van der Waals surface area contributed by atoms with Gasteiger partial charge in [0, 0.05) is 30.6 Å². The third kappa shape index (κ3) is 2.45. The molecule has 1 N–H and O–H groups in total. The molecule has 5 rings (SSSR count). The average Bonchev–Trinajstić information content (AvgIpc) is 3.06. The number of fused-ring (bicyclic) bond motifs is 4. The first-order valence-corrected chi connectivity index (χ1v) is 8.76. The molecular formula is C18H24N4O2. The van der Waals surface area contributed by atoms with Gasteiger partial charge in [-0.25, -0.2) is 0 Å². The predicted octanol–water partition coefficient (Wildman–Crippen LogP) is 2.13. The molecule has 0 aliphatic carbocycles. The minimum atomic E-state index is 0.0349. The second-order valence-corrected chi connectivity index (χ2v) is 6.78. The Morgan fingerprint density at radius 3 is 2.83 bits per heavy atom. The van der Waals surface area contributed by atoms with Gasteiger partial charge >= 0.3 is 0 Å². The molecule has 0 saturated carbocycles. The standard InChI is InChI=1S/C18H24N4O2/c1-3-22(16-11-21-8-6-12(16)7-9-21)18(23)17-14-5-4-13(24-2)10-15(14)19-20-17/h4-5,10,12,16H,3,6-9,11H2,1-2H3,(H,19,20)/t16-/m1/s1. The van der Waals surface area contributed by atoms with E-state index in [0.717, 1.165) is 29.7 Å². The lowest BCUT2D eigenvalue weighted by molar-refractivity contribution is 0.00901. The molecule has 2 bridgehead atoms. The minimum Gasteiger partial charge on any atom is -0.497 e. The molecule has 3 fully saturated rings. The van der Waals surface area contributed by atoms with Crippen molar-refractivity contribution in [1.82, 2.24) is 20.0 Å². The van der Waals surface area contributed by atoms with Gasteiger partial charge < -0.3 is 14.5 Å². The molecule has 4 heterocycles. The van der Waals surface area contributed by atoms with Crippen molar-refractivity contribution in [3.8, 4) is 5.75 Å². The Balaban J connectivity index is 1.64. The van der Waals surface area contributed by atoms with Crippen LogP contribution in [0.2, 0.25) is 0 Å². The maximum absolute atomic E-state index is 13.2. The minimum absolute atomic E-state index is 0.0349. The summed E-state index contributed by atoms with van der Waals surface area (Å²) in [5.74, 6) is 1.42. The number of carbonyl (C=O) groups is 1. The molecule has 2 aromatic rings. The number of ether oxygens (including phenoxy) is 1. The van der Waals surface area contributed by atoms with Crippen LogP contribution in [0.3, 0.4) is 0 Å². The number of amides is 1. The molecule has 1 amide bonds. The van der Waals surface area contributed by atoms with Crippen molar-refractivity contribution >= 4 is 16.8 Å². The highest BCUT2D eigenvalue weighted by atomic mass is 16.5. The number of likely N-dealkylation sites (N-methyl/N-ethyl adjacent to an activating group) is 1. The van der Waals surface area contributed by atoms with Crippen LogP contribution in [0.15, 0.2) is 18.2 Å². The summed E-state index contributed by atoms with van der Waals surface area (Å²) in [4.78, 5) is 17.7. The van der Waals surface area contributed by atoms with Gasteiger partial charge in [-0.15, -0.1) is 0 Å². The van der Waals surface area contributed by atoms with E-state index in [0.29, 0.717) is 17.7 Å². The van der Waals surface area contributed by atoms with Crippen LogP contribution in [-0.4, -0.2) is 65.2 Å². The first-order chi connectivity index (χ1) is 11.7. The zero-order valence-corrected chi connectivity index (χ0v) is 14.3. The monoisotopic (exact) mass is 328 g/mol. The third-order valence-corrected chi connectivity index (χ3v) is 5.60. The van der Waals surface area contributed by atoms with E-state index in [2.05, 4.69) is 22.0 Å². The fourth-order valence-electron chi connectivity index (χ4n) is 4.24. The number of benzene rings is 1. The van der Waals surface area contributed by atoms with Crippen LogP contribution >= 0.6 is 0 Å². The summed E-state index contributed by atoms with van der Waals surface area (Å²) < 4.78 is 5.24. The zero-order chi connectivity index (χ0) is 16.7. The van der Waals surface area contributed by atoms with E-state index in [-0.39, 0.29) is 5.91 Å². The van der Waals surface area contributed by atoms with E-state index in [9.17, 15) is 4.79 Å². The maximum Gasteiger partial charge on any atom is 0.275 e. The average molecular weight is 328 g/mol. The molecule has 0 unspecified atom stereocenters. The van der Waals surface area contributed by atoms with Crippen LogP contribution in [0.4, 0.5) is 0 Å². The third-order valence-electron chi connectivity index (χ3n) is 5.60. The fourth-order valence-corrected chi connectivity index (χ4v) is 4.24. The highest BCUT2D eigenvalue weighted by Crippen LogP contribution is 2.32. The lowest BCUT2D eigenvalue weighted by atomic mass is 9.83. The molecule has 0 spiro atoms. The Morgan fingerprint density at radius 1 is 1.42 bits per heavy atom. The summed E-state index contributed by atoms with van der Waals surface area (Å²) in [5, 5.41) is 8.14. The van der Waals surface area contributed by atoms with Gasteiger partial charge in [0.1, 0.15) is 5.75 Å². The van der Waals surface area contributed by atoms with Crippen molar-refractivity contribution in [3.05, 3.63) is 23.9 Å². The van der Waals surface area contributed by atoms with Gasteiger partial charge in [-0.3, -0.25) is 9.89 Å². The van der Waals surface area contributed by atoms with E-state index in [4.69, 9.17) is 4.74 Å². The molecular weight excluding hydrogens is 304 g/mol. The number of hydrogen-bond acceptors (Lipinski definition) is 4. The Morgan fingerprint density at radius 2 is 2.21 bits per heavy atom. The number of nitrogens with zero attached hydrogens (tertiary/aromatic N) is 3. The second-order valence-electron chi connectivity index (χ2n) is 6.78. The summed E-state index contributed by atoms with van der Waals surface area (Å²) in [6, 6.07) is 5.98. The second kappa shape index (κ2) is 6.09. The summed E-state index contributed by atoms with van der Waals surface area (Å²) in [6.07, 6.45) is 2.40. The van der Waals surface area contributed by atoms with Crippen molar-refractivity contribution in [2.45, 2.75) is 25.8 Å². The molecule has 1 aromatic heterocycles. The van der Waals surface area contributed by atoms with E-state index < -0.39 is 0 Å². The highest BCUT2D eigenvalue weighted by Gasteiger charge is 2.39. The number of piperidine rings is 3. The first kappa shape index (κ1) is 15.4. The van der Waals surface area contributed by atoms with E-state index in [1.807, 2.05) is 23.1 Å². The van der Waals surface area contributed by atoms with Gasteiger partial charge in [0.2, 0.25) is 0 Å². The molecule has 0 radical (unpaired) electrons. The van der Waals surface area contributed by atoms with Crippen molar-refractivity contribution in [1.29, 1.82) is 0 Å². The number of aromatic nitrogens is 2. The molecule has 3 saturated heterocycles. The van der Waals surface area contributed by atoms with Gasteiger partial charge in [0.05, 0.1) is 12.6 Å². The van der Waals surface area contributed by atoms with Crippen LogP contribution in [0.25, 0.3) is 10.9 Å². The Bertz CT molecular complexity index is 749. The molecule has 1 aromatic carbocycles. The summed E-state index contributed by atoms with van der Waals surface area (Å²) >= 11 is 0. The number of carbonyl (C=O) groups excluding carboxylic acids is 1. The number of H-pyrrole nitrogens is 1. The lowest BCUT2D eigenvalue weighted by Gasteiger charge is -2.48. The number of aromatic amines is 1. The fraction of sp³-hybridized carbons (Fsp3) is 0.556. The van der Waals surface area contributed by atoms with Crippen molar-refractivity contribution < 1.29 is 9.53 Å². The summed E-state index contributed by atoms with van der Waals surface area (Å²) in [7, 11) is 1.63. The highest BCUT2D eigenvalue weighted by molar-refractivity contribution is 6.05. The number of rotatable bonds is 4. The molecule has 24 heavy (non-hydrogen) atoms. The number of nitrogens with one attached hydrogen (secondary N) is 1. The largest absolute Gasteiger partial charge is 0.497 e. The van der Waals surface area contributed by atoms with E-state index >= 15 is 0 Å². The normalized spacial score (nSPS) is 25.8. The van der Waals surface area contributed by atoms with Crippen LogP contribution in [-0.2, 0) is 0 Å². The van der Waals surface area contributed by atoms with Crippen LogP contribution in [0.1, 0.15) is 30.3 Å². The number of hydrogen-bond donors (Lipinski definition) is 1. The van der Waals surface area contributed by atoms with E-state index in [1.54, 1.807) is 7.11 Å². The molecule has 3 aliphatic rings. The first-order valence-electron chi connectivity index (χ1n) is 8.76. The number of methoxy groups -OCH3 is 1. The summed E-state index contributed by atoms with van der Waals surface area (Å²) in [6.45, 7) is 6.14. The predicted molar refractivity (Wildman–Crippen MR) is 92.3 cm³/mol. The molecule has 6 nitrogen and oxygen atoms in total. The molecule has 1 atom stereocenters. The van der Waals surface area contributed by atoms with Crippen molar-refractivity contribution in [2.75, 3.05) is 33.3 Å². The van der Waals surface area contributed by atoms with Crippen LogP contribution in [0.5, 0.6) is 5.75 Å². The van der Waals surface area contributed by atoms with Gasteiger partial charge in [0.15, 0.2) is 5.69 Å². The van der Waals surface area contributed by atoms with Gasteiger partial charge in [-0.1, -0.05) is 0 Å². The van der Waals surface area contributed by atoms with Crippen molar-refractivity contribution in [2.24, 2.45) is 5.92 Å². The van der Waals surface area contributed by atoms with Crippen molar-refractivity contribution in [3.63, 3.8) is 0 Å². The smallest absolute Gasteiger partial charge is 0.275 e. The van der Waals surface area contributed by atoms with E-state index in [1.165, 1.54) is 25.9 Å². The topological polar surface area (TPSA) is 61.5 Å².